The van der Waals surface area contributed by atoms with Gasteiger partial charge in [-0.1, -0.05) is 42.5 Å². The summed E-state index contributed by atoms with van der Waals surface area (Å²) in [4.78, 5) is 4.72. The molecular weight excluding hydrogens is 437 g/mol. The largest absolute Gasteiger partial charge is 0.497 e. The van der Waals surface area contributed by atoms with Gasteiger partial charge in [0.25, 0.3) is 0 Å². The molecule has 0 spiro atoms. The number of nitrogens with zero attached hydrogens (tertiary/aromatic N) is 1. The zero-order valence-corrected chi connectivity index (χ0v) is 17.8. The number of hydrogen-bond acceptors (Lipinski definition) is 2. The van der Waals surface area contributed by atoms with E-state index in [0.717, 1.165) is 30.4 Å². The maximum atomic E-state index is 5.28. The summed E-state index contributed by atoms with van der Waals surface area (Å²) in [6.45, 7) is 4.49. The van der Waals surface area contributed by atoms with Gasteiger partial charge in [-0.3, -0.25) is 0 Å². The number of benzene rings is 2. The molecule has 5 heteroatoms. The van der Waals surface area contributed by atoms with Gasteiger partial charge in [0.1, 0.15) is 5.75 Å². The number of aliphatic imine (C=N–C) groups is 1. The van der Waals surface area contributed by atoms with Gasteiger partial charge in [-0.25, -0.2) is 4.99 Å². The van der Waals surface area contributed by atoms with Crippen molar-refractivity contribution >= 4 is 29.9 Å². The van der Waals surface area contributed by atoms with E-state index in [0.29, 0.717) is 6.54 Å². The van der Waals surface area contributed by atoms with Crippen molar-refractivity contribution < 1.29 is 4.74 Å². The van der Waals surface area contributed by atoms with Crippen LogP contribution in [0.5, 0.6) is 5.75 Å². The highest BCUT2D eigenvalue weighted by Crippen LogP contribution is 2.47. The first-order chi connectivity index (χ1) is 12.3. The molecule has 26 heavy (non-hydrogen) atoms. The van der Waals surface area contributed by atoms with Crippen molar-refractivity contribution in [1.29, 1.82) is 0 Å². The lowest BCUT2D eigenvalue weighted by atomic mass is 9.96. The van der Waals surface area contributed by atoms with E-state index in [4.69, 9.17) is 9.73 Å². The van der Waals surface area contributed by atoms with E-state index in [1.165, 1.54) is 18.4 Å². The summed E-state index contributed by atoms with van der Waals surface area (Å²) in [6.07, 6.45) is 2.47. The summed E-state index contributed by atoms with van der Waals surface area (Å²) in [5.74, 6) is 1.74. The Labute approximate surface area is 173 Å². The summed E-state index contributed by atoms with van der Waals surface area (Å²) < 4.78 is 5.28. The molecule has 0 amide bonds. The molecule has 4 nitrogen and oxygen atoms in total. The van der Waals surface area contributed by atoms with Gasteiger partial charge in [0.15, 0.2) is 5.96 Å². The van der Waals surface area contributed by atoms with E-state index in [-0.39, 0.29) is 29.4 Å². The Hall–Kier alpha value is -1.76. The maximum absolute atomic E-state index is 5.28. The van der Waals surface area contributed by atoms with Gasteiger partial charge < -0.3 is 15.4 Å². The molecule has 3 rings (SSSR count). The van der Waals surface area contributed by atoms with E-state index in [9.17, 15) is 0 Å². The Kier molecular flexibility index (Phi) is 7.75. The standard InChI is InChI=1S/C21H27N3O.HI/c1-3-22-20(23-15-17-8-7-11-19(14-17)25-2)24-16-21(12-13-21)18-9-5-4-6-10-18;/h4-11,14H,3,12-13,15-16H2,1-2H3,(H2,22,23,24);1H. The number of ether oxygens (including phenoxy) is 1. The summed E-state index contributed by atoms with van der Waals surface area (Å²) in [7, 11) is 1.69. The van der Waals surface area contributed by atoms with Crippen molar-refractivity contribution in [3.8, 4) is 5.75 Å². The van der Waals surface area contributed by atoms with E-state index in [1.54, 1.807) is 7.11 Å². The second-order valence-corrected chi connectivity index (χ2v) is 6.55. The molecule has 2 N–H and O–H groups in total. The van der Waals surface area contributed by atoms with Gasteiger partial charge in [-0.15, -0.1) is 24.0 Å². The fraction of sp³-hybridized carbons (Fsp3) is 0.381. The van der Waals surface area contributed by atoms with Crippen LogP contribution in [0.2, 0.25) is 0 Å². The van der Waals surface area contributed by atoms with Gasteiger partial charge in [0.05, 0.1) is 13.7 Å². The zero-order valence-electron chi connectivity index (χ0n) is 15.5. The first-order valence-electron chi connectivity index (χ1n) is 8.96. The van der Waals surface area contributed by atoms with E-state index >= 15 is 0 Å². The van der Waals surface area contributed by atoms with Crippen molar-refractivity contribution in [2.75, 3.05) is 20.2 Å². The molecule has 0 unspecified atom stereocenters. The van der Waals surface area contributed by atoms with Crippen LogP contribution in [-0.2, 0) is 12.0 Å². The van der Waals surface area contributed by atoms with Gasteiger partial charge in [0, 0.05) is 18.5 Å². The summed E-state index contributed by atoms with van der Waals surface area (Å²) in [6, 6.07) is 18.8. The molecule has 1 fully saturated rings. The van der Waals surface area contributed by atoms with Crippen LogP contribution in [0, 0.1) is 0 Å². The van der Waals surface area contributed by atoms with Crippen LogP contribution in [0.3, 0.4) is 0 Å². The number of hydrogen-bond donors (Lipinski definition) is 2. The van der Waals surface area contributed by atoms with Crippen molar-refractivity contribution in [3.63, 3.8) is 0 Å². The molecule has 2 aromatic rings. The number of halogens is 1. The Morgan fingerprint density at radius 3 is 2.50 bits per heavy atom. The summed E-state index contributed by atoms with van der Waals surface area (Å²) in [5.41, 5.74) is 2.83. The van der Waals surface area contributed by atoms with E-state index in [2.05, 4.69) is 54.0 Å². The average Bonchev–Trinajstić information content (AvgIpc) is 3.46. The van der Waals surface area contributed by atoms with Gasteiger partial charge in [0.2, 0.25) is 0 Å². The third-order valence-corrected chi connectivity index (χ3v) is 4.73. The lowest BCUT2D eigenvalue weighted by molar-refractivity contribution is 0.414. The lowest BCUT2D eigenvalue weighted by Gasteiger charge is -2.19. The fourth-order valence-electron chi connectivity index (χ4n) is 3.05. The molecule has 0 bridgehead atoms. The summed E-state index contributed by atoms with van der Waals surface area (Å²) in [5, 5.41) is 6.87. The minimum absolute atomic E-state index is 0. The van der Waals surface area contributed by atoms with Crippen LogP contribution < -0.4 is 15.4 Å². The van der Waals surface area contributed by atoms with Crippen LogP contribution in [0.15, 0.2) is 59.6 Å². The Balaban J connectivity index is 0.00000243. The third-order valence-electron chi connectivity index (χ3n) is 4.73. The molecule has 1 saturated carbocycles. The van der Waals surface area contributed by atoms with Crippen LogP contribution in [0.1, 0.15) is 30.9 Å². The molecular formula is C21H28IN3O. The third kappa shape index (κ3) is 5.37. The highest BCUT2D eigenvalue weighted by atomic mass is 127. The fourth-order valence-corrected chi connectivity index (χ4v) is 3.05. The highest BCUT2D eigenvalue weighted by Gasteiger charge is 2.43. The van der Waals surface area contributed by atoms with Gasteiger partial charge in [-0.2, -0.15) is 0 Å². The molecule has 0 saturated heterocycles. The normalized spacial score (nSPS) is 14.9. The molecule has 0 heterocycles. The second-order valence-electron chi connectivity index (χ2n) is 6.55. The number of rotatable bonds is 7. The van der Waals surface area contributed by atoms with E-state index in [1.807, 2.05) is 18.2 Å². The van der Waals surface area contributed by atoms with E-state index < -0.39 is 0 Å². The zero-order chi connectivity index (χ0) is 17.5. The van der Waals surface area contributed by atoms with Gasteiger partial charge in [-0.05, 0) is 43.0 Å². The summed E-state index contributed by atoms with van der Waals surface area (Å²) >= 11 is 0. The van der Waals surface area contributed by atoms with Crippen molar-refractivity contribution in [1.82, 2.24) is 10.6 Å². The van der Waals surface area contributed by atoms with Crippen LogP contribution in [0.25, 0.3) is 0 Å². The highest BCUT2D eigenvalue weighted by molar-refractivity contribution is 14.0. The predicted octanol–water partition coefficient (Wildman–Crippen LogP) is 4.10. The SMILES string of the molecule is CCNC(=NCc1cccc(OC)c1)NCC1(c2ccccc2)CC1.I. The van der Waals surface area contributed by atoms with Crippen molar-refractivity contribution in [2.24, 2.45) is 4.99 Å². The van der Waals surface area contributed by atoms with Crippen molar-refractivity contribution in [2.45, 2.75) is 31.7 Å². The Morgan fingerprint density at radius 1 is 1.08 bits per heavy atom. The molecule has 140 valence electrons. The lowest BCUT2D eigenvalue weighted by Crippen LogP contribution is -2.41. The number of nitrogens with one attached hydrogen (secondary N) is 2. The first-order valence-corrected chi connectivity index (χ1v) is 8.96. The monoisotopic (exact) mass is 465 g/mol. The van der Waals surface area contributed by atoms with Crippen molar-refractivity contribution in [3.05, 3.63) is 65.7 Å². The maximum Gasteiger partial charge on any atom is 0.191 e. The first kappa shape index (κ1) is 20.6. The number of guanidine groups is 1. The Morgan fingerprint density at radius 2 is 1.85 bits per heavy atom. The minimum Gasteiger partial charge on any atom is -0.497 e. The quantitative estimate of drug-likeness (QED) is 0.368. The number of methoxy groups -OCH3 is 1. The molecule has 0 atom stereocenters. The van der Waals surface area contributed by atoms with Crippen LogP contribution in [-0.4, -0.2) is 26.2 Å². The van der Waals surface area contributed by atoms with Crippen LogP contribution in [0.4, 0.5) is 0 Å². The Bertz CT molecular complexity index is 714. The molecule has 1 aliphatic carbocycles. The molecule has 0 aliphatic heterocycles. The molecule has 0 radical (unpaired) electrons. The molecule has 1 aliphatic rings. The van der Waals surface area contributed by atoms with Crippen LogP contribution >= 0.6 is 24.0 Å². The smallest absolute Gasteiger partial charge is 0.191 e. The topological polar surface area (TPSA) is 45.7 Å². The second kappa shape index (κ2) is 9.80. The minimum atomic E-state index is 0. The predicted molar refractivity (Wildman–Crippen MR) is 119 cm³/mol. The average molecular weight is 465 g/mol. The van der Waals surface area contributed by atoms with Gasteiger partial charge >= 0.3 is 0 Å². The molecule has 2 aromatic carbocycles. The molecule has 0 aromatic heterocycles.